The van der Waals surface area contributed by atoms with Gasteiger partial charge in [-0.1, -0.05) is 18.6 Å². The van der Waals surface area contributed by atoms with Crippen molar-refractivity contribution in [2.45, 2.75) is 19.8 Å². The summed E-state index contributed by atoms with van der Waals surface area (Å²) in [6.45, 7) is 3.17. The number of unbranched alkanes of at least 4 members (excludes halogenated alkanes) is 1. The van der Waals surface area contributed by atoms with Crippen LogP contribution in [0, 0.1) is 0 Å². The monoisotopic (exact) mass is 129 g/mol. The van der Waals surface area contributed by atoms with Crippen molar-refractivity contribution in [2.75, 3.05) is 20.6 Å². The Morgan fingerprint density at radius 3 is 2.56 bits per heavy atom. The first-order valence-electron chi connectivity index (χ1n) is 3.32. The van der Waals surface area contributed by atoms with Crippen LogP contribution in [0.5, 0.6) is 0 Å². The van der Waals surface area contributed by atoms with Crippen LogP contribution < -0.4 is 0 Å². The van der Waals surface area contributed by atoms with Crippen molar-refractivity contribution < 1.29 is 0 Å². The summed E-state index contributed by atoms with van der Waals surface area (Å²) in [4.78, 5) is 0. The van der Waals surface area contributed by atoms with E-state index in [4.69, 9.17) is 0 Å². The third kappa shape index (κ3) is 5.27. The summed E-state index contributed by atoms with van der Waals surface area (Å²) in [7, 11) is 3.62. The summed E-state index contributed by atoms with van der Waals surface area (Å²) in [5.74, 6) is 0. The van der Waals surface area contributed by atoms with Crippen molar-refractivity contribution in [1.29, 1.82) is 0 Å². The van der Waals surface area contributed by atoms with Crippen LogP contribution in [0.4, 0.5) is 0 Å². The molecule has 0 aliphatic rings. The van der Waals surface area contributed by atoms with Gasteiger partial charge >= 0.3 is 0 Å². The summed E-state index contributed by atoms with van der Waals surface area (Å²) in [5, 5.41) is 9.31. The molecule has 0 aromatic carbocycles. The van der Waals surface area contributed by atoms with E-state index in [0.29, 0.717) is 0 Å². The molecule has 3 heteroatoms. The first-order valence-corrected chi connectivity index (χ1v) is 3.32. The predicted octanol–water partition coefficient (Wildman–Crippen LogP) is 1.72. The maximum atomic E-state index is 3.82. The lowest BCUT2D eigenvalue weighted by Gasteiger charge is -2.08. The van der Waals surface area contributed by atoms with Crippen molar-refractivity contribution in [1.82, 2.24) is 5.01 Å². The Morgan fingerprint density at radius 2 is 2.11 bits per heavy atom. The molecule has 0 atom stereocenters. The Morgan fingerprint density at radius 1 is 1.44 bits per heavy atom. The SMILES string of the molecule is CCCCN(C)N=NC. The normalized spacial score (nSPS) is 10.6. The highest BCUT2D eigenvalue weighted by atomic mass is 15.5. The lowest BCUT2D eigenvalue weighted by Crippen LogP contribution is -2.10. The van der Waals surface area contributed by atoms with E-state index in [1.165, 1.54) is 12.8 Å². The summed E-state index contributed by atoms with van der Waals surface area (Å²) < 4.78 is 0. The number of rotatable bonds is 4. The largest absolute Gasteiger partial charge is 0.282 e. The zero-order valence-corrected chi connectivity index (χ0v) is 6.46. The Labute approximate surface area is 56.7 Å². The summed E-state index contributed by atoms with van der Waals surface area (Å²) >= 11 is 0. The van der Waals surface area contributed by atoms with Crippen LogP contribution in [0.2, 0.25) is 0 Å². The zero-order chi connectivity index (χ0) is 7.11. The standard InChI is InChI=1S/C6H15N3/c1-4-5-6-9(3)8-7-2/h4-6H2,1-3H3. The fourth-order valence-corrected chi connectivity index (χ4v) is 0.584. The molecular weight excluding hydrogens is 114 g/mol. The summed E-state index contributed by atoms with van der Waals surface area (Å²) in [6, 6.07) is 0. The molecule has 0 aromatic rings. The minimum absolute atomic E-state index is 1.01. The number of hydrogen-bond donors (Lipinski definition) is 0. The topological polar surface area (TPSA) is 28.0 Å². The molecule has 0 aliphatic carbocycles. The molecule has 0 amide bonds. The fourth-order valence-electron chi connectivity index (χ4n) is 0.584. The maximum Gasteiger partial charge on any atom is 0.0509 e. The molecule has 0 aliphatic heterocycles. The van der Waals surface area contributed by atoms with Gasteiger partial charge in [0.2, 0.25) is 0 Å². The van der Waals surface area contributed by atoms with Crippen LogP contribution in [0.3, 0.4) is 0 Å². The average Bonchev–Trinajstić information content (AvgIpc) is 1.85. The highest BCUT2D eigenvalue weighted by molar-refractivity contribution is 4.39. The van der Waals surface area contributed by atoms with Crippen LogP contribution >= 0.6 is 0 Å². The number of nitrogens with zero attached hydrogens (tertiary/aromatic N) is 3. The smallest absolute Gasteiger partial charge is 0.0509 e. The van der Waals surface area contributed by atoms with E-state index in [9.17, 15) is 0 Å². The van der Waals surface area contributed by atoms with E-state index < -0.39 is 0 Å². The molecular formula is C6H15N3. The van der Waals surface area contributed by atoms with Crippen LogP contribution in [0.1, 0.15) is 19.8 Å². The first-order chi connectivity index (χ1) is 4.31. The second-order valence-corrected chi connectivity index (χ2v) is 2.02. The van der Waals surface area contributed by atoms with E-state index in [1.54, 1.807) is 7.05 Å². The quantitative estimate of drug-likeness (QED) is 0.419. The summed E-state index contributed by atoms with van der Waals surface area (Å²) in [5.41, 5.74) is 0. The molecule has 0 radical (unpaired) electrons. The summed E-state index contributed by atoms with van der Waals surface area (Å²) in [6.07, 6.45) is 2.40. The second kappa shape index (κ2) is 5.54. The van der Waals surface area contributed by atoms with Crippen molar-refractivity contribution >= 4 is 0 Å². The minimum Gasteiger partial charge on any atom is -0.282 e. The molecule has 0 fully saturated rings. The molecule has 54 valence electrons. The van der Waals surface area contributed by atoms with Crippen LogP contribution in [-0.2, 0) is 0 Å². The van der Waals surface area contributed by atoms with Crippen molar-refractivity contribution in [2.24, 2.45) is 10.3 Å². The van der Waals surface area contributed by atoms with Gasteiger partial charge in [-0.2, -0.15) is 5.11 Å². The van der Waals surface area contributed by atoms with Gasteiger partial charge in [0.15, 0.2) is 0 Å². The molecule has 0 saturated heterocycles. The zero-order valence-electron chi connectivity index (χ0n) is 6.46. The highest BCUT2D eigenvalue weighted by Gasteiger charge is 1.88. The van der Waals surface area contributed by atoms with Gasteiger partial charge in [0, 0.05) is 13.6 Å². The van der Waals surface area contributed by atoms with Crippen LogP contribution in [-0.4, -0.2) is 25.6 Å². The highest BCUT2D eigenvalue weighted by Crippen LogP contribution is 1.91. The van der Waals surface area contributed by atoms with Crippen LogP contribution in [0.25, 0.3) is 0 Å². The van der Waals surface area contributed by atoms with Gasteiger partial charge in [-0.05, 0) is 6.42 Å². The predicted molar refractivity (Wildman–Crippen MR) is 38.3 cm³/mol. The molecule has 0 rings (SSSR count). The van der Waals surface area contributed by atoms with Gasteiger partial charge in [-0.15, -0.1) is 0 Å². The van der Waals surface area contributed by atoms with Gasteiger partial charge in [-0.25, -0.2) is 0 Å². The third-order valence-corrected chi connectivity index (χ3v) is 1.08. The third-order valence-electron chi connectivity index (χ3n) is 1.08. The second-order valence-electron chi connectivity index (χ2n) is 2.02. The van der Waals surface area contributed by atoms with Gasteiger partial charge < -0.3 is 0 Å². The van der Waals surface area contributed by atoms with Crippen LogP contribution in [0.15, 0.2) is 10.3 Å². The molecule has 0 N–H and O–H groups in total. The lowest BCUT2D eigenvalue weighted by atomic mass is 10.3. The Balaban J connectivity index is 3.15. The molecule has 9 heavy (non-hydrogen) atoms. The number of hydrogen-bond acceptors (Lipinski definition) is 2. The van der Waals surface area contributed by atoms with E-state index in [2.05, 4.69) is 17.3 Å². The van der Waals surface area contributed by atoms with Gasteiger partial charge in [0.25, 0.3) is 0 Å². The maximum absolute atomic E-state index is 3.82. The average molecular weight is 129 g/mol. The van der Waals surface area contributed by atoms with Gasteiger partial charge in [0.05, 0.1) is 7.05 Å². The molecule has 0 unspecified atom stereocenters. The molecule has 3 nitrogen and oxygen atoms in total. The van der Waals surface area contributed by atoms with E-state index in [0.717, 1.165) is 6.54 Å². The first kappa shape index (κ1) is 8.40. The molecule has 0 bridgehead atoms. The Hall–Kier alpha value is -0.600. The van der Waals surface area contributed by atoms with Crippen molar-refractivity contribution in [3.8, 4) is 0 Å². The van der Waals surface area contributed by atoms with E-state index in [1.807, 2.05) is 12.1 Å². The molecule has 0 heterocycles. The molecule has 0 spiro atoms. The van der Waals surface area contributed by atoms with E-state index in [-0.39, 0.29) is 0 Å². The Bertz CT molecular complexity index is 80.4. The molecule has 0 aromatic heterocycles. The Kier molecular flexibility index (Phi) is 5.17. The van der Waals surface area contributed by atoms with Gasteiger partial charge in [-0.3, -0.25) is 5.01 Å². The van der Waals surface area contributed by atoms with E-state index >= 15 is 0 Å². The fraction of sp³-hybridized carbons (Fsp3) is 1.00. The molecule has 0 saturated carbocycles. The minimum atomic E-state index is 1.01. The van der Waals surface area contributed by atoms with Crippen molar-refractivity contribution in [3.63, 3.8) is 0 Å². The lowest BCUT2D eigenvalue weighted by molar-refractivity contribution is 0.323. The van der Waals surface area contributed by atoms with Gasteiger partial charge in [0.1, 0.15) is 0 Å². The van der Waals surface area contributed by atoms with Crippen molar-refractivity contribution in [3.05, 3.63) is 0 Å².